The zero-order valence-electron chi connectivity index (χ0n) is 11.4. The normalized spacial score (nSPS) is 10.4. The zero-order valence-corrected chi connectivity index (χ0v) is 12.9. The molecule has 0 fully saturated rings. The van der Waals surface area contributed by atoms with Gasteiger partial charge in [-0.25, -0.2) is 4.98 Å². The smallest absolute Gasteiger partial charge is 0.176 e. The van der Waals surface area contributed by atoms with E-state index in [0.29, 0.717) is 21.9 Å². The fourth-order valence-electron chi connectivity index (χ4n) is 1.68. The van der Waals surface area contributed by atoms with Gasteiger partial charge in [0.2, 0.25) is 0 Å². The van der Waals surface area contributed by atoms with Gasteiger partial charge in [0.15, 0.2) is 5.11 Å². The number of anilines is 2. The summed E-state index contributed by atoms with van der Waals surface area (Å²) in [5.41, 5.74) is 2.25. The Kier molecular flexibility index (Phi) is 4.93. The number of halogens is 1. The van der Waals surface area contributed by atoms with Gasteiger partial charge in [-0.2, -0.15) is 0 Å². The third-order valence-electron chi connectivity index (χ3n) is 2.80. The second kappa shape index (κ2) is 6.68. The second-order valence-electron chi connectivity index (χ2n) is 4.72. The van der Waals surface area contributed by atoms with E-state index < -0.39 is 0 Å². The summed E-state index contributed by atoms with van der Waals surface area (Å²) in [4.78, 5) is 4.13. The lowest BCUT2D eigenvalue weighted by molar-refractivity contribution is 0.867. The first-order valence-electron chi connectivity index (χ1n) is 6.34. The van der Waals surface area contributed by atoms with Crippen LogP contribution in [0.4, 0.5) is 11.5 Å². The molecule has 1 heterocycles. The van der Waals surface area contributed by atoms with Gasteiger partial charge in [-0.1, -0.05) is 37.6 Å². The first-order valence-corrected chi connectivity index (χ1v) is 7.13. The Balaban J connectivity index is 1.95. The average Bonchev–Trinajstić information content (AvgIpc) is 2.42. The van der Waals surface area contributed by atoms with Crippen molar-refractivity contribution in [3.8, 4) is 0 Å². The maximum atomic E-state index is 5.78. The number of nitrogens with zero attached hydrogens (tertiary/aromatic N) is 1. The lowest BCUT2D eigenvalue weighted by Gasteiger charge is -2.11. The molecule has 2 rings (SSSR count). The van der Waals surface area contributed by atoms with Gasteiger partial charge in [-0.15, -0.1) is 0 Å². The molecule has 0 unspecified atom stereocenters. The third kappa shape index (κ3) is 4.18. The molecule has 2 aromatic rings. The summed E-state index contributed by atoms with van der Waals surface area (Å²) in [7, 11) is 0. The van der Waals surface area contributed by atoms with Crippen molar-refractivity contribution < 1.29 is 0 Å². The van der Waals surface area contributed by atoms with E-state index in [0.717, 1.165) is 5.69 Å². The topological polar surface area (TPSA) is 37.0 Å². The van der Waals surface area contributed by atoms with Gasteiger partial charge in [0.05, 0.1) is 5.02 Å². The molecule has 2 N–H and O–H groups in total. The van der Waals surface area contributed by atoms with Crippen molar-refractivity contribution in [2.75, 3.05) is 10.6 Å². The van der Waals surface area contributed by atoms with Crippen LogP contribution in [0.3, 0.4) is 0 Å². The Bertz CT molecular complexity index is 579. The minimum atomic E-state index is 0.497. The Hall–Kier alpha value is -1.65. The predicted octanol–water partition coefficient (Wildman–Crippen LogP) is 4.67. The number of aromatic nitrogens is 1. The van der Waals surface area contributed by atoms with Crippen LogP contribution in [0.25, 0.3) is 0 Å². The van der Waals surface area contributed by atoms with Crippen molar-refractivity contribution in [2.24, 2.45) is 0 Å². The highest BCUT2D eigenvalue weighted by Gasteiger charge is 2.02. The second-order valence-corrected chi connectivity index (χ2v) is 5.56. The summed E-state index contributed by atoms with van der Waals surface area (Å²) in [6.07, 6.45) is 1.57. The lowest BCUT2D eigenvalue weighted by Crippen LogP contribution is -2.19. The molecular weight excluding hydrogens is 290 g/mol. The van der Waals surface area contributed by atoms with Crippen molar-refractivity contribution >= 4 is 40.4 Å². The summed E-state index contributed by atoms with van der Waals surface area (Å²) >= 11 is 11.0. The first kappa shape index (κ1) is 14.8. The molecule has 0 radical (unpaired) electrons. The zero-order chi connectivity index (χ0) is 14.5. The largest absolute Gasteiger partial charge is 0.332 e. The number of hydrogen-bond donors (Lipinski definition) is 2. The number of thiocarbonyl (C=S) groups is 1. The Morgan fingerprint density at radius 3 is 2.35 bits per heavy atom. The molecule has 0 amide bonds. The van der Waals surface area contributed by atoms with Crippen LogP contribution in [-0.4, -0.2) is 10.1 Å². The highest BCUT2D eigenvalue weighted by molar-refractivity contribution is 7.80. The molecule has 0 bridgehead atoms. The van der Waals surface area contributed by atoms with Crippen LogP contribution in [0.5, 0.6) is 0 Å². The van der Waals surface area contributed by atoms with E-state index in [4.69, 9.17) is 23.8 Å². The van der Waals surface area contributed by atoms with Crippen LogP contribution >= 0.6 is 23.8 Å². The molecule has 0 saturated carbocycles. The molecule has 1 aromatic carbocycles. The van der Waals surface area contributed by atoms with E-state index in [2.05, 4.69) is 41.6 Å². The molecular formula is C15H16ClN3S. The molecule has 0 saturated heterocycles. The standard InChI is InChI=1S/C15H16ClN3S/c1-10(2)11-3-6-13(7-4-11)18-15(20)19-14-8-5-12(16)9-17-14/h3-10H,1-2H3,(H2,17,18,19,20). The van der Waals surface area contributed by atoms with Crippen LogP contribution in [-0.2, 0) is 0 Å². The van der Waals surface area contributed by atoms with Gasteiger partial charge >= 0.3 is 0 Å². The van der Waals surface area contributed by atoms with E-state index in [-0.39, 0.29) is 0 Å². The lowest BCUT2D eigenvalue weighted by atomic mass is 10.0. The van der Waals surface area contributed by atoms with Crippen molar-refractivity contribution in [2.45, 2.75) is 19.8 Å². The van der Waals surface area contributed by atoms with E-state index in [1.165, 1.54) is 5.56 Å². The van der Waals surface area contributed by atoms with Gasteiger partial charge < -0.3 is 10.6 Å². The van der Waals surface area contributed by atoms with E-state index >= 15 is 0 Å². The van der Waals surface area contributed by atoms with Crippen molar-refractivity contribution in [1.82, 2.24) is 4.98 Å². The first-order chi connectivity index (χ1) is 9.54. The maximum Gasteiger partial charge on any atom is 0.176 e. The van der Waals surface area contributed by atoms with Gasteiger partial charge in [0.25, 0.3) is 0 Å². The van der Waals surface area contributed by atoms with E-state index in [1.807, 2.05) is 12.1 Å². The van der Waals surface area contributed by atoms with Crippen molar-refractivity contribution in [1.29, 1.82) is 0 Å². The summed E-state index contributed by atoms with van der Waals surface area (Å²) in [5, 5.41) is 7.22. The van der Waals surface area contributed by atoms with E-state index in [1.54, 1.807) is 18.3 Å². The van der Waals surface area contributed by atoms with Gasteiger partial charge in [0, 0.05) is 11.9 Å². The van der Waals surface area contributed by atoms with Gasteiger partial charge in [0.1, 0.15) is 5.82 Å². The molecule has 0 spiro atoms. The predicted molar refractivity (Wildman–Crippen MR) is 89.6 cm³/mol. The molecule has 5 heteroatoms. The number of pyridine rings is 1. The van der Waals surface area contributed by atoms with Gasteiger partial charge in [-0.3, -0.25) is 0 Å². The summed E-state index contributed by atoms with van der Waals surface area (Å²) in [6, 6.07) is 11.7. The van der Waals surface area contributed by atoms with Crippen molar-refractivity contribution in [3.63, 3.8) is 0 Å². The number of rotatable bonds is 3. The summed E-state index contributed by atoms with van der Waals surface area (Å²) in [5.74, 6) is 1.18. The average molecular weight is 306 g/mol. The molecule has 0 aliphatic heterocycles. The molecule has 104 valence electrons. The van der Waals surface area contributed by atoms with Crippen LogP contribution in [0.2, 0.25) is 5.02 Å². The molecule has 0 aliphatic rings. The minimum absolute atomic E-state index is 0.497. The monoisotopic (exact) mass is 305 g/mol. The SMILES string of the molecule is CC(C)c1ccc(NC(=S)Nc2ccc(Cl)cn2)cc1. The Morgan fingerprint density at radius 2 is 1.80 bits per heavy atom. The fourth-order valence-corrected chi connectivity index (χ4v) is 2.01. The van der Waals surface area contributed by atoms with Crippen LogP contribution < -0.4 is 10.6 Å². The van der Waals surface area contributed by atoms with E-state index in [9.17, 15) is 0 Å². The third-order valence-corrected chi connectivity index (χ3v) is 3.23. The highest BCUT2D eigenvalue weighted by atomic mass is 35.5. The maximum absolute atomic E-state index is 5.78. The summed E-state index contributed by atoms with van der Waals surface area (Å²) < 4.78 is 0. The highest BCUT2D eigenvalue weighted by Crippen LogP contribution is 2.17. The number of nitrogens with one attached hydrogen (secondary N) is 2. The molecule has 1 aromatic heterocycles. The van der Waals surface area contributed by atoms with Crippen LogP contribution in [0.1, 0.15) is 25.3 Å². The Labute approximate surface area is 129 Å². The molecule has 0 aliphatic carbocycles. The molecule has 20 heavy (non-hydrogen) atoms. The number of hydrogen-bond acceptors (Lipinski definition) is 2. The van der Waals surface area contributed by atoms with Crippen molar-refractivity contribution in [3.05, 3.63) is 53.2 Å². The number of benzene rings is 1. The molecule has 3 nitrogen and oxygen atoms in total. The van der Waals surface area contributed by atoms with Crippen LogP contribution in [0.15, 0.2) is 42.6 Å². The fraction of sp³-hybridized carbons (Fsp3) is 0.200. The summed E-state index contributed by atoms with van der Waals surface area (Å²) in [6.45, 7) is 4.33. The quantitative estimate of drug-likeness (QED) is 0.808. The molecule has 0 atom stereocenters. The Morgan fingerprint density at radius 1 is 1.10 bits per heavy atom. The minimum Gasteiger partial charge on any atom is -0.332 e. The van der Waals surface area contributed by atoms with Gasteiger partial charge in [-0.05, 0) is 48.0 Å². The van der Waals surface area contributed by atoms with Crippen LogP contribution in [0, 0.1) is 0 Å².